The van der Waals surface area contributed by atoms with Crippen LogP contribution in [0.25, 0.3) is 0 Å². The van der Waals surface area contributed by atoms with Crippen LogP contribution >= 0.6 is 0 Å². The van der Waals surface area contributed by atoms with Crippen molar-refractivity contribution >= 4 is 5.78 Å². The second kappa shape index (κ2) is 4.49. The molecule has 0 N–H and O–H groups in total. The van der Waals surface area contributed by atoms with Gasteiger partial charge < -0.3 is 0 Å². The SMILES string of the molecule is CC1CC1CCC(=O)c1cccc(C#N)c1. The summed E-state index contributed by atoms with van der Waals surface area (Å²) in [6.45, 7) is 2.23. The van der Waals surface area contributed by atoms with E-state index in [1.807, 2.05) is 0 Å². The van der Waals surface area contributed by atoms with Gasteiger partial charge >= 0.3 is 0 Å². The van der Waals surface area contributed by atoms with Crippen LogP contribution < -0.4 is 0 Å². The molecule has 0 spiro atoms. The Kier molecular flexibility index (Phi) is 3.05. The topological polar surface area (TPSA) is 40.9 Å². The fraction of sp³-hybridized carbons (Fsp3) is 0.429. The van der Waals surface area contributed by atoms with Crippen molar-refractivity contribution in [3.8, 4) is 6.07 Å². The molecule has 1 fully saturated rings. The van der Waals surface area contributed by atoms with E-state index in [-0.39, 0.29) is 5.78 Å². The van der Waals surface area contributed by atoms with E-state index in [0.29, 0.717) is 17.5 Å². The number of benzene rings is 1. The molecular formula is C14H15NO. The number of nitrogens with zero attached hydrogens (tertiary/aromatic N) is 1. The zero-order chi connectivity index (χ0) is 11.5. The maximum absolute atomic E-state index is 11.8. The third-order valence-corrected chi connectivity index (χ3v) is 3.33. The Hall–Kier alpha value is -1.62. The molecule has 2 rings (SSSR count). The standard InChI is InChI=1S/C14H15NO/c1-10-7-12(10)5-6-14(16)13-4-2-3-11(8-13)9-15/h2-4,8,10,12H,5-7H2,1H3. The molecule has 16 heavy (non-hydrogen) atoms. The number of rotatable bonds is 4. The highest BCUT2D eigenvalue weighted by atomic mass is 16.1. The highest BCUT2D eigenvalue weighted by molar-refractivity contribution is 5.96. The number of hydrogen-bond acceptors (Lipinski definition) is 2. The zero-order valence-electron chi connectivity index (χ0n) is 9.44. The molecule has 0 heterocycles. The molecule has 1 aliphatic rings. The van der Waals surface area contributed by atoms with Crippen LogP contribution in [0.3, 0.4) is 0 Å². The molecule has 0 aromatic heterocycles. The molecule has 0 aliphatic heterocycles. The number of carbonyl (C=O) groups is 1. The largest absolute Gasteiger partial charge is 0.294 e. The Bertz CT molecular complexity index is 444. The van der Waals surface area contributed by atoms with Crippen molar-refractivity contribution in [3.05, 3.63) is 35.4 Å². The minimum Gasteiger partial charge on any atom is -0.294 e. The first-order valence-electron chi connectivity index (χ1n) is 5.74. The summed E-state index contributed by atoms with van der Waals surface area (Å²) >= 11 is 0. The summed E-state index contributed by atoms with van der Waals surface area (Å²) in [5.74, 6) is 1.72. The van der Waals surface area contributed by atoms with Gasteiger partial charge in [-0.2, -0.15) is 5.26 Å². The minimum atomic E-state index is 0.163. The fourth-order valence-corrected chi connectivity index (χ4v) is 2.02. The van der Waals surface area contributed by atoms with Crippen molar-refractivity contribution in [1.82, 2.24) is 0 Å². The first-order valence-corrected chi connectivity index (χ1v) is 5.74. The second-order valence-corrected chi connectivity index (χ2v) is 4.63. The molecule has 0 bridgehead atoms. The maximum Gasteiger partial charge on any atom is 0.162 e. The number of Topliss-reactive ketones (excluding diaryl/α,β-unsaturated/α-hetero) is 1. The summed E-state index contributed by atoms with van der Waals surface area (Å²) in [7, 11) is 0. The average Bonchev–Trinajstić information content (AvgIpc) is 3.02. The van der Waals surface area contributed by atoms with Crippen molar-refractivity contribution in [2.75, 3.05) is 0 Å². The van der Waals surface area contributed by atoms with Crippen LogP contribution in [0, 0.1) is 23.2 Å². The van der Waals surface area contributed by atoms with Crippen molar-refractivity contribution in [2.24, 2.45) is 11.8 Å². The molecular weight excluding hydrogens is 198 g/mol. The monoisotopic (exact) mass is 213 g/mol. The van der Waals surface area contributed by atoms with E-state index in [4.69, 9.17) is 5.26 Å². The highest BCUT2D eigenvalue weighted by Crippen LogP contribution is 2.41. The van der Waals surface area contributed by atoms with Gasteiger partial charge in [-0.05, 0) is 36.8 Å². The molecule has 1 aliphatic carbocycles. The Morgan fingerprint density at radius 2 is 2.31 bits per heavy atom. The van der Waals surface area contributed by atoms with Crippen LogP contribution in [-0.4, -0.2) is 5.78 Å². The van der Waals surface area contributed by atoms with E-state index in [1.54, 1.807) is 24.3 Å². The Labute approximate surface area is 95.9 Å². The number of ketones is 1. The molecule has 1 saturated carbocycles. The van der Waals surface area contributed by atoms with E-state index in [2.05, 4.69) is 13.0 Å². The van der Waals surface area contributed by atoms with Crippen LogP contribution in [0.15, 0.2) is 24.3 Å². The van der Waals surface area contributed by atoms with Crippen molar-refractivity contribution in [3.63, 3.8) is 0 Å². The van der Waals surface area contributed by atoms with E-state index in [0.717, 1.165) is 18.3 Å². The molecule has 82 valence electrons. The maximum atomic E-state index is 11.8. The minimum absolute atomic E-state index is 0.163. The van der Waals surface area contributed by atoms with Crippen molar-refractivity contribution < 1.29 is 4.79 Å². The Morgan fingerprint density at radius 1 is 1.56 bits per heavy atom. The zero-order valence-corrected chi connectivity index (χ0v) is 9.44. The summed E-state index contributed by atoms with van der Waals surface area (Å²) in [6.07, 6.45) is 2.88. The van der Waals surface area contributed by atoms with Gasteiger partial charge in [0.25, 0.3) is 0 Å². The van der Waals surface area contributed by atoms with Gasteiger partial charge in [-0.1, -0.05) is 19.1 Å². The molecule has 0 radical (unpaired) electrons. The fourth-order valence-electron chi connectivity index (χ4n) is 2.02. The predicted molar refractivity (Wildman–Crippen MR) is 62.0 cm³/mol. The van der Waals surface area contributed by atoms with Gasteiger partial charge in [0.05, 0.1) is 11.6 Å². The van der Waals surface area contributed by atoms with Crippen molar-refractivity contribution in [1.29, 1.82) is 5.26 Å². The summed E-state index contributed by atoms with van der Waals surface area (Å²) in [5, 5.41) is 8.75. The molecule has 2 atom stereocenters. The van der Waals surface area contributed by atoms with Crippen molar-refractivity contribution in [2.45, 2.75) is 26.2 Å². The average molecular weight is 213 g/mol. The lowest BCUT2D eigenvalue weighted by atomic mass is 10.0. The first kappa shape index (κ1) is 10.9. The summed E-state index contributed by atoms with van der Waals surface area (Å²) in [5.41, 5.74) is 1.23. The van der Waals surface area contributed by atoms with Crippen LogP contribution in [0.4, 0.5) is 0 Å². The smallest absolute Gasteiger partial charge is 0.162 e. The van der Waals surface area contributed by atoms with E-state index >= 15 is 0 Å². The highest BCUT2D eigenvalue weighted by Gasteiger charge is 2.32. The van der Waals surface area contributed by atoms with Gasteiger partial charge in [0.15, 0.2) is 5.78 Å². The van der Waals surface area contributed by atoms with E-state index in [1.165, 1.54) is 6.42 Å². The Morgan fingerprint density at radius 3 is 2.94 bits per heavy atom. The van der Waals surface area contributed by atoms with Gasteiger partial charge in [-0.15, -0.1) is 0 Å². The van der Waals surface area contributed by atoms with Crippen LogP contribution in [0.1, 0.15) is 42.1 Å². The van der Waals surface area contributed by atoms with Crippen LogP contribution in [-0.2, 0) is 0 Å². The summed E-state index contributed by atoms with van der Waals surface area (Å²) < 4.78 is 0. The van der Waals surface area contributed by atoms with Gasteiger partial charge in [0, 0.05) is 12.0 Å². The van der Waals surface area contributed by atoms with E-state index < -0.39 is 0 Å². The number of hydrogen-bond donors (Lipinski definition) is 0. The lowest BCUT2D eigenvalue weighted by molar-refractivity contribution is 0.0977. The molecule has 2 unspecified atom stereocenters. The summed E-state index contributed by atoms with van der Waals surface area (Å²) in [6, 6.07) is 9.02. The predicted octanol–water partition coefficient (Wildman–Crippen LogP) is 3.18. The number of nitriles is 1. The summed E-state index contributed by atoms with van der Waals surface area (Å²) in [4.78, 5) is 11.8. The molecule has 1 aromatic carbocycles. The molecule has 1 aromatic rings. The molecule has 0 amide bonds. The first-order chi connectivity index (χ1) is 7.70. The second-order valence-electron chi connectivity index (χ2n) is 4.63. The van der Waals surface area contributed by atoms with Gasteiger partial charge in [0.1, 0.15) is 0 Å². The number of carbonyl (C=O) groups excluding carboxylic acids is 1. The quantitative estimate of drug-likeness (QED) is 0.721. The van der Waals surface area contributed by atoms with Gasteiger partial charge in [0.2, 0.25) is 0 Å². The third-order valence-electron chi connectivity index (χ3n) is 3.33. The van der Waals surface area contributed by atoms with Crippen LogP contribution in [0.2, 0.25) is 0 Å². The molecule has 0 saturated heterocycles. The normalized spacial score (nSPS) is 22.5. The molecule has 2 heteroatoms. The lowest BCUT2D eigenvalue weighted by Gasteiger charge is -2.00. The lowest BCUT2D eigenvalue weighted by Crippen LogP contribution is -2.00. The molecule has 2 nitrogen and oxygen atoms in total. The van der Waals surface area contributed by atoms with Gasteiger partial charge in [-0.25, -0.2) is 0 Å². The van der Waals surface area contributed by atoms with Crippen LogP contribution in [0.5, 0.6) is 0 Å². The van der Waals surface area contributed by atoms with E-state index in [9.17, 15) is 4.79 Å². The van der Waals surface area contributed by atoms with Gasteiger partial charge in [-0.3, -0.25) is 4.79 Å². The third kappa shape index (κ3) is 2.49. The Balaban J connectivity index is 1.95.